The van der Waals surface area contributed by atoms with Gasteiger partial charge in [0.2, 0.25) is 5.91 Å². The molecule has 1 aliphatic rings. The second-order valence-corrected chi connectivity index (χ2v) is 5.40. The smallest absolute Gasteiger partial charge is 0.269 e. The van der Waals surface area contributed by atoms with Crippen LogP contribution in [0.15, 0.2) is 42.5 Å². The van der Waals surface area contributed by atoms with Crippen LogP contribution in [0.4, 0.5) is 11.4 Å². The first-order chi connectivity index (χ1) is 10.5. The number of carbonyl (C=O) groups is 1. The van der Waals surface area contributed by atoms with Gasteiger partial charge >= 0.3 is 0 Å². The number of nitrogens with zero attached hydrogens (tertiary/aromatic N) is 2. The van der Waals surface area contributed by atoms with Crippen LogP contribution < -0.4 is 10.6 Å². The van der Waals surface area contributed by atoms with Gasteiger partial charge in [-0.3, -0.25) is 14.9 Å². The van der Waals surface area contributed by atoms with E-state index in [1.807, 2.05) is 12.1 Å². The summed E-state index contributed by atoms with van der Waals surface area (Å²) in [6, 6.07) is 10.6. The summed E-state index contributed by atoms with van der Waals surface area (Å²) in [5.74, 6) is -0.296. The van der Waals surface area contributed by atoms with Crippen LogP contribution in [0, 0.1) is 10.1 Å². The maximum Gasteiger partial charge on any atom is 0.269 e. The molecule has 112 valence electrons. The lowest BCUT2D eigenvalue weighted by Crippen LogP contribution is -2.31. The largest absolute Gasteiger partial charge is 0.316 e. The van der Waals surface area contributed by atoms with Crippen molar-refractivity contribution in [1.82, 2.24) is 0 Å². The minimum atomic E-state index is -0.891. The number of carbonyl (C=O) groups excluding carboxylic acids is 1. The molecule has 3 rings (SSSR count). The van der Waals surface area contributed by atoms with Crippen molar-refractivity contribution in [3.8, 4) is 0 Å². The van der Waals surface area contributed by atoms with E-state index in [0.29, 0.717) is 16.3 Å². The molecule has 0 saturated heterocycles. The van der Waals surface area contributed by atoms with E-state index in [9.17, 15) is 14.9 Å². The fraction of sp³-hybridized carbons (Fsp3) is 0.133. The Kier molecular flexibility index (Phi) is 3.56. The Hall–Kier alpha value is -2.44. The molecule has 1 aliphatic heterocycles. The van der Waals surface area contributed by atoms with E-state index in [1.54, 1.807) is 18.2 Å². The van der Waals surface area contributed by atoms with Gasteiger partial charge < -0.3 is 10.6 Å². The van der Waals surface area contributed by atoms with Crippen LogP contribution in [0.3, 0.4) is 0 Å². The van der Waals surface area contributed by atoms with Crippen LogP contribution in [0.2, 0.25) is 5.02 Å². The van der Waals surface area contributed by atoms with Gasteiger partial charge in [-0.25, -0.2) is 0 Å². The third-order valence-corrected chi connectivity index (χ3v) is 4.03. The third kappa shape index (κ3) is 2.32. The lowest BCUT2D eigenvalue weighted by molar-refractivity contribution is -0.384. The topological polar surface area (TPSA) is 89.5 Å². The molecule has 1 amide bonds. The van der Waals surface area contributed by atoms with E-state index in [1.165, 1.54) is 17.0 Å². The normalized spacial score (nSPS) is 16.7. The van der Waals surface area contributed by atoms with E-state index in [4.69, 9.17) is 17.3 Å². The quantitative estimate of drug-likeness (QED) is 0.696. The Morgan fingerprint density at radius 2 is 2.00 bits per heavy atom. The van der Waals surface area contributed by atoms with Crippen LogP contribution in [-0.2, 0) is 11.3 Å². The molecule has 2 aromatic carbocycles. The van der Waals surface area contributed by atoms with Crippen molar-refractivity contribution in [2.45, 2.75) is 12.6 Å². The lowest BCUT2D eigenvalue weighted by atomic mass is 10.1. The van der Waals surface area contributed by atoms with Gasteiger partial charge in [0.15, 0.2) is 0 Å². The molecule has 0 unspecified atom stereocenters. The zero-order valence-electron chi connectivity index (χ0n) is 11.4. The second-order valence-electron chi connectivity index (χ2n) is 4.99. The molecule has 1 atom stereocenters. The number of rotatable bonds is 3. The number of hydrogen-bond acceptors (Lipinski definition) is 4. The van der Waals surface area contributed by atoms with Gasteiger partial charge in [0.05, 0.1) is 11.5 Å². The Bertz CT molecular complexity index is 778. The highest BCUT2D eigenvalue weighted by Gasteiger charge is 2.36. The van der Waals surface area contributed by atoms with Crippen molar-refractivity contribution in [2.24, 2.45) is 5.73 Å². The van der Waals surface area contributed by atoms with E-state index in [2.05, 4.69) is 0 Å². The molecule has 0 aromatic heterocycles. The average molecular weight is 318 g/mol. The van der Waals surface area contributed by atoms with Crippen molar-refractivity contribution in [3.05, 3.63) is 68.7 Å². The summed E-state index contributed by atoms with van der Waals surface area (Å²) >= 11 is 6.12. The summed E-state index contributed by atoms with van der Waals surface area (Å²) in [4.78, 5) is 24.2. The standard InChI is InChI=1S/C15H12ClN3O3/c16-12-4-2-1-3-9(12)8-18-13-6-5-10(19(21)22)7-11(13)14(17)15(18)20/h1-7,14H,8,17H2/t14-/m0/s1. The average Bonchev–Trinajstić information content (AvgIpc) is 2.74. The molecular formula is C15H12ClN3O3. The van der Waals surface area contributed by atoms with E-state index in [-0.39, 0.29) is 18.1 Å². The van der Waals surface area contributed by atoms with Crippen molar-refractivity contribution in [3.63, 3.8) is 0 Å². The maximum absolute atomic E-state index is 12.3. The molecule has 2 N–H and O–H groups in total. The second kappa shape index (κ2) is 5.40. The number of anilines is 1. The van der Waals surface area contributed by atoms with E-state index < -0.39 is 11.0 Å². The van der Waals surface area contributed by atoms with E-state index in [0.717, 1.165) is 5.56 Å². The zero-order valence-corrected chi connectivity index (χ0v) is 12.2. The van der Waals surface area contributed by atoms with Crippen molar-refractivity contribution < 1.29 is 9.72 Å². The molecule has 7 heteroatoms. The van der Waals surface area contributed by atoms with Gasteiger partial charge in [0.25, 0.3) is 5.69 Å². The van der Waals surface area contributed by atoms with Crippen LogP contribution in [0.5, 0.6) is 0 Å². The highest BCUT2D eigenvalue weighted by Crippen LogP contribution is 2.38. The number of non-ortho nitro benzene ring substituents is 1. The summed E-state index contributed by atoms with van der Waals surface area (Å²) in [5, 5.41) is 11.4. The van der Waals surface area contributed by atoms with Crippen molar-refractivity contribution in [1.29, 1.82) is 0 Å². The first-order valence-electron chi connectivity index (χ1n) is 6.57. The lowest BCUT2D eigenvalue weighted by Gasteiger charge is -2.18. The molecule has 6 nitrogen and oxygen atoms in total. The summed E-state index contributed by atoms with van der Waals surface area (Å²) < 4.78 is 0. The van der Waals surface area contributed by atoms with E-state index >= 15 is 0 Å². The summed E-state index contributed by atoms with van der Waals surface area (Å²) in [6.45, 7) is 0.275. The fourth-order valence-corrected chi connectivity index (χ4v) is 2.73. The Morgan fingerprint density at radius 3 is 2.68 bits per heavy atom. The van der Waals surface area contributed by atoms with Crippen molar-refractivity contribution >= 4 is 28.9 Å². The van der Waals surface area contributed by atoms with Gasteiger partial charge in [-0.05, 0) is 17.7 Å². The Morgan fingerprint density at radius 1 is 1.27 bits per heavy atom. The summed E-state index contributed by atoms with van der Waals surface area (Å²) in [7, 11) is 0. The highest BCUT2D eigenvalue weighted by atomic mass is 35.5. The zero-order chi connectivity index (χ0) is 15.9. The number of nitrogens with two attached hydrogens (primary N) is 1. The molecule has 0 saturated carbocycles. The highest BCUT2D eigenvalue weighted by molar-refractivity contribution is 6.31. The minimum absolute atomic E-state index is 0.0819. The SMILES string of the molecule is N[C@@H]1C(=O)N(Cc2ccccc2Cl)c2ccc([N+](=O)[O-])cc21. The molecule has 0 radical (unpaired) electrons. The Labute approximate surface area is 131 Å². The van der Waals surface area contributed by atoms with Gasteiger partial charge in [-0.1, -0.05) is 29.8 Å². The minimum Gasteiger partial charge on any atom is -0.316 e. The third-order valence-electron chi connectivity index (χ3n) is 3.67. The number of hydrogen-bond donors (Lipinski definition) is 1. The number of benzene rings is 2. The van der Waals surface area contributed by atoms with Gasteiger partial charge in [0, 0.05) is 28.4 Å². The molecule has 0 spiro atoms. The number of nitro groups is 1. The molecular weight excluding hydrogens is 306 g/mol. The monoisotopic (exact) mass is 317 g/mol. The maximum atomic E-state index is 12.3. The number of fused-ring (bicyclic) bond motifs is 1. The van der Waals surface area contributed by atoms with Crippen LogP contribution in [0.25, 0.3) is 0 Å². The number of nitro benzene ring substituents is 1. The molecule has 22 heavy (non-hydrogen) atoms. The molecule has 0 bridgehead atoms. The van der Waals surface area contributed by atoms with Crippen LogP contribution in [0.1, 0.15) is 17.2 Å². The van der Waals surface area contributed by atoms with Gasteiger partial charge in [0.1, 0.15) is 6.04 Å². The predicted molar refractivity (Wildman–Crippen MR) is 82.7 cm³/mol. The van der Waals surface area contributed by atoms with Crippen molar-refractivity contribution in [2.75, 3.05) is 4.90 Å². The predicted octanol–water partition coefficient (Wildman–Crippen LogP) is 2.79. The summed E-state index contributed by atoms with van der Waals surface area (Å²) in [6.07, 6.45) is 0. The first kappa shape index (κ1) is 14.5. The fourth-order valence-electron chi connectivity index (χ4n) is 2.53. The van der Waals surface area contributed by atoms with Crippen LogP contribution in [-0.4, -0.2) is 10.8 Å². The molecule has 0 aliphatic carbocycles. The Balaban J connectivity index is 2.00. The molecule has 2 aromatic rings. The first-order valence-corrected chi connectivity index (χ1v) is 6.95. The van der Waals surface area contributed by atoms with Gasteiger partial charge in [-0.15, -0.1) is 0 Å². The van der Waals surface area contributed by atoms with Crippen LogP contribution >= 0.6 is 11.6 Å². The molecule has 0 fully saturated rings. The summed E-state index contributed by atoms with van der Waals surface area (Å²) in [5.41, 5.74) is 7.65. The number of halogens is 1. The number of amides is 1. The van der Waals surface area contributed by atoms with Gasteiger partial charge in [-0.2, -0.15) is 0 Å². The molecule has 1 heterocycles.